The average Bonchev–Trinajstić information content (AvgIpc) is 2.88. The highest BCUT2D eigenvalue weighted by atomic mass is 35.7. The molecule has 3 rings (SSSR count). The summed E-state index contributed by atoms with van der Waals surface area (Å²) in [6.07, 6.45) is 0. The zero-order valence-corrected chi connectivity index (χ0v) is 26.7. The second-order valence-electron chi connectivity index (χ2n) is 6.26. The molecule has 0 saturated heterocycles. The minimum atomic E-state index is 1.00. The molecule has 0 radical (unpaired) electrons. The monoisotopic (exact) mass is 522 g/mol. The van der Waals surface area contributed by atoms with Crippen LogP contribution in [0.2, 0.25) is 0 Å². The first-order valence-corrected chi connectivity index (χ1v) is 14.5. The maximum atomic E-state index is 5.98. The van der Waals surface area contributed by atoms with Crippen molar-refractivity contribution in [3.63, 3.8) is 0 Å². The van der Waals surface area contributed by atoms with Crippen molar-refractivity contribution in [1.82, 2.24) is 0 Å². The Bertz CT molecular complexity index is 848. The van der Waals surface area contributed by atoms with Gasteiger partial charge in [0, 0.05) is 9.79 Å². The SMILES string of the molecule is C=C.CC.CC.CC.CC.Cc1cc(C)c2c(SCl)c(C)c(S)cc2c1.Cc1ccc(C)cc1. The molecule has 0 heterocycles. The van der Waals surface area contributed by atoms with Crippen molar-refractivity contribution in [2.45, 2.75) is 99.8 Å². The molecule has 3 heteroatoms. The van der Waals surface area contributed by atoms with Crippen LogP contribution < -0.4 is 0 Å². The fraction of sp³-hybridized carbons (Fsp3) is 0.419. The molecule has 0 spiro atoms. The lowest BCUT2D eigenvalue weighted by molar-refractivity contribution is 1.23. The molecule has 0 aromatic heterocycles. The van der Waals surface area contributed by atoms with Crippen LogP contribution in [0.25, 0.3) is 10.8 Å². The van der Waals surface area contributed by atoms with Crippen LogP contribution in [0.1, 0.15) is 83.2 Å². The molecule has 0 nitrogen and oxygen atoms in total. The lowest BCUT2D eigenvalue weighted by atomic mass is 10.0. The molecule has 0 aliphatic rings. The second-order valence-corrected chi connectivity index (χ2v) is 7.77. The number of hydrogen-bond donors (Lipinski definition) is 1. The highest BCUT2D eigenvalue weighted by molar-refractivity contribution is 8.21. The Morgan fingerprint density at radius 2 is 1.03 bits per heavy atom. The third-order valence-electron chi connectivity index (χ3n) is 4.05. The Morgan fingerprint density at radius 3 is 1.38 bits per heavy atom. The van der Waals surface area contributed by atoms with E-state index in [-0.39, 0.29) is 0 Å². The molecule has 0 fully saturated rings. The Kier molecular flexibility index (Phi) is 30.8. The van der Waals surface area contributed by atoms with Gasteiger partial charge >= 0.3 is 0 Å². The lowest BCUT2D eigenvalue weighted by Gasteiger charge is -2.12. The predicted molar refractivity (Wildman–Crippen MR) is 170 cm³/mol. The van der Waals surface area contributed by atoms with E-state index in [0.717, 1.165) is 15.4 Å². The topological polar surface area (TPSA) is 0 Å². The first kappa shape index (κ1) is 39.8. The molecule has 3 aromatic rings. The van der Waals surface area contributed by atoms with Gasteiger partial charge in [0.15, 0.2) is 0 Å². The summed E-state index contributed by atoms with van der Waals surface area (Å²) in [5, 5.41) is 2.47. The van der Waals surface area contributed by atoms with Crippen LogP contribution in [0, 0.1) is 34.6 Å². The summed E-state index contributed by atoms with van der Waals surface area (Å²) >= 11 is 4.49. The largest absolute Gasteiger partial charge is 0.143 e. The molecule has 0 aliphatic heterocycles. The normalized spacial score (nSPS) is 8.21. The van der Waals surface area contributed by atoms with Gasteiger partial charge in [-0.2, -0.15) is 0 Å². The van der Waals surface area contributed by atoms with E-state index in [9.17, 15) is 0 Å². The van der Waals surface area contributed by atoms with Crippen LogP contribution in [0.5, 0.6) is 0 Å². The molecule has 194 valence electrons. The van der Waals surface area contributed by atoms with E-state index in [1.165, 1.54) is 44.0 Å². The van der Waals surface area contributed by atoms with Gasteiger partial charge in [-0.25, -0.2) is 0 Å². The van der Waals surface area contributed by atoms with Gasteiger partial charge < -0.3 is 0 Å². The van der Waals surface area contributed by atoms with Gasteiger partial charge in [0.1, 0.15) is 0 Å². The molecule has 0 atom stereocenters. The van der Waals surface area contributed by atoms with Gasteiger partial charge in [0.05, 0.1) is 0 Å². The summed E-state index contributed by atoms with van der Waals surface area (Å²) in [6, 6.07) is 15.0. The zero-order valence-electron chi connectivity index (χ0n) is 24.2. The van der Waals surface area contributed by atoms with Crippen molar-refractivity contribution in [1.29, 1.82) is 0 Å². The summed E-state index contributed by atoms with van der Waals surface area (Å²) < 4.78 is 0. The van der Waals surface area contributed by atoms with Crippen LogP contribution in [0.3, 0.4) is 0 Å². The summed E-state index contributed by atoms with van der Waals surface area (Å²) in [5.74, 6) is 0. The van der Waals surface area contributed by atoms with Crippen LogP contribution in [0.4, 0.5) is 0 Å². The molecule has 34 heavy (non-hydrogen) atoms. The van der Waals surface area contributed by atoms with Crippen LogP contribution in [0.15, 0.2) is 65.4 Å². The Balaban J connectivity index is -0.000000211. The third-order valence-corrected chi connectivity index (χ3v) is 5.64. The fourth-order valence-electron chi connectivity index (χ4n) is 2.72. The van der Waals surface area contributed by atoms with Crippen LogP contribution in [-0.2, 0) is 0 Å². The van der Waals surface area contributed by atoms with Gasteiger partial charge in [0.2, 0.25) is 0 Å². The summed E-state index contributed by atoms with van der Waals surface area (Å²) in [6.45, 7) is 32.5. The minimum Gasteiger partial charge on any atom is -0.143 e. The van der Waals surface area contributed by atoms with Crippen molar-refractivity contribution in [2.75, 3.05) is 0 Å². The van der Waals surface area contributed by atoms with E-state index in [1.807, 2.05) is 55.4 Å². The van der Waals surface area contributed by atoms with E-state index in [0.29, 0.717) is 0 Å². The highest BCUT2D eigenvalue weighted by Gasteiger charge is 2.10. The molecule has 3 aromatic carbocycles. The number of rotatable bonds is 1. The molecular weight excluding hydrogens is 472 g/mol. The van der Waals surface area contributed by atoms with Crippen LogP contribution >= 0.6 is 34.3 Å². The maximum Gasteiger partial charge on any atom is 0.0354 e. The smallest absolute Gasteiger partial charge is 0.0354 e. The fourth-order valence-corrected chi connectivity index (χ4v) is 4.20. The average molecular weight is 523 g/mol. The van der Waals surface area contributed by atoms with E-state index in [2.05, 4.69) is 103 Å². The number of benzene rings is 3. The second kappa shape index (κ2) is 26.3. The minimum absolute atomic E-state index is 1.00. The van der Waals surface area contributed by atoms with Gasteiger partial charge in [0.25, 0.3) is 0 Å². The van der Waals surface area contributed by atoms with Crippen molar-refractivity contribution in [3.8, 4) is 0 Å². The van der Waals surface area contributed by atoms with Crippen molar-refractivity contribution in [2.24, 2.45) is 0 Å². The van der Waals surface area contributed by atoms with Crippen LogP contribution in [-0.4, -0.2) is 0 Å². The maximum absolute atomic E-state index is 5.98. The zero-order chi connectivity index (χ0) is 27.9. The number of fused-ring (bicyclic) bond motifs is 1. The Hall–Kier alpha value is -1.35. The van der Waals surface area contributed by atoms with E-state index in [4.69, 9.17) is 10.7 Å². The first-order valence-electron chi connectivity index (χ1n) is 12.4. The molecule has 0 aliphatic carbocycles. The molecule has 0 saturated carbocycles. The van der Waals surface area contributed by atoms with E-state index in [1.54, 1.807) is 0 Å². The van der Waals surface area contributed by atoms with E-state index < -0.39 is 0 Å². The van der Waals surface area contributed by atoms with Gasteiger partial charge in [-0.3, -0.25) is 0 Å². The van der Waals surface area contributed by atoms with Crippen molar-refractivity contribution in [3.05, 3.63) is 83.4 Å². The predicted octanol–water partition coefficient (Wildman–Crippen LogP) is 12.5. The summed E-state index contributed by atoms with van der Waals surface area (Å²) in [7, 11) is 7.26. The number of aryl methyl sites for hydroxylation is 4. The summed E-state index contributed by atoms with van der Waals surface area (Å²) in [5.41, 5.74) is 6.36. The van der Waals surface area contributed by atoms with Gasteiger partial charge in [-0.05, 0) is 84.2 Å². The molecule has 0 N–H and O–H groups in total. The third kappa shape index (κ3) is 14.8. The Morgan fingerprint density at radius 1 is 0.647 bits per heavy atom. The molecular formula is C31H51ClS2. The number of halogens is 1. The van der Waals surface area contributed by atoms with E-state index >= 15 is 0 Å². The quantitative estimate of drug-likeness (QED) is 0.245. The highest BCUT2D eigenvalue weighted by Crippen LogP contribution is 2.38. The lowest BCUT2D eigenvalue weighted by Crippen LogP contribution is -1.89. The van der Waals surface area contributed by atoms with Crippen molar-refractivity contribution < 1.29 is 0 Å². The number of hydrogen-bond acceptors (Lipinski definition) is 2. The van der Waals surface area contributed by atoms with Gasteiger partial charge in [-0.1, -0.05) is 108 Å². The molecule has 0 unspecified atom stereocenters. The standard InChI is InChI=1S/C13H13ClS2.C8H10.4C2H6.C2H4/c1-7-4-8(2)12-10(5-7)6-11(15)9(3)13(12)16-14;1-7-3-5-8(2)6-4-7;5*1-2/h4-6,15H,1-3H3;3-6H,1-2H3;4*1-2H3;1-2H2. The Labute approximate surface area is 227 Å². The van der Waals surface area contributed by atoms with Crippen molar-refractivity contribution >= 4 is 45.1 Å². The molecule has 0 amide bonds. The summed E-state index contributed by atoms with van der Waals surface area (Å²) in [4.78, 5) is 2.13. The molecule has 0 bridgehead atoms. The number of thiol groups is 1. The first-order chi connectivity index (χ1) is 16.3. The van der Waals surface area contributed by atoms with Gasteiger partial charge in [-0.15, -0.1) is 25.8 Å².